The molecule has 0 aromatic heterocycles. The second-order valence-corrected chi connectivity index (χ2v) is 5.53. The molecule has 0 radical (unpaired) electrons. The number of halogens is 5. The number of hydrogen-bond acceptors (Lipinski definition) is 0. The van der Waals surface area contributed by atoms with Crippen LogP contribution in [0.15, 0.2) is 18.2 Å². The summed E-state index contributed by atoms with van der Waals surface area (Å²) in [5.74, 6) is -4.18. The Hall–Kier alpha value is -1.13. The first kappa shape index (κ1) is 14.9. The van der Waals surface area contributed by atoms with Gasteiger partial charge in [0, 0.05) is 0 Å². The SMILES string of the molecule is CC(C)(C)CC(c1ccc(F)c(F)c1)C(F)(F)F. The van der Waals surface area contributed by atoms with E-state index in [4.69, 9.17) is 0 Å². The molecule has 0 aliphatic rings. The van der Waals surface area contributed by atoms with Crippen molar-refractivity contribution in [1.82, 2.24) is 0 Å². The number of benzene rings is 1. The van der Waals surface area contributed by atoms with Crippen LogP contribution in [0, 0.1) is 17.0 Å². The highest BCUT2D eigenvalue weighted by Gasteiger charge is 2.42. The summed E-state index contributed by atoms with van der Waals surface area (Å²) in [4.78, 5) is 0. The highest BCUT2D eigenvalue weighted by Crippen LogP contribution is 2.42. The topological polar surface area (TPSA) is 0 Å². The minimum Gasteiger partial charge on any atom is -0.204 e. The molecule has 0 aliphatic carbocycles. The quantitative estimate of drug-likeness (QED) is 0.657. The number of alkyl halides is 3. The summed E-state index contributed by atoms with van der Waals surface area (Å²) in [6.07, 6.45) is -4.65. The van der Waals surface area contributed by atoms with Crippen LogP contribution in [0.3, 0.4) is 0 Å². The van der Waals surface area contributed by atoms with Crippen LogP contribution in [0.1, 0.15) is 38.7 Å². The highest BCUT2D eigenvalue weighted by molar-refractivity contribution is 5.23. The molecule has 1 aromatic rings. The molecule has 1 unspecified atom stereocenters. The van der Waals surface area contributed by atoms with Gasteiger partial charge >= 0.3 is 6.18 Å². The molecule has 1 rings (SSSR count). The molecule has 1 aromatic carbocycles. The van der Waals surface area contributed by atoms with E-state index in [0.717, 1.165) is 12.1 Å². The summed E-state index contributed by atoms with van der Waals surface area (Å²) in [5, 5.41) is 0. The van der Waals surface area contributed by atoms with Gasteiger partial charge in [0.05, 0.1) is 5.92 Å². The maximum Gasteiger partial charge on any atom is 0.395 e. The first-order valence-corrected chi connectivity index (χ1v) is 5.52. The predicted octanol–water partition coefficient (Wildman–Crippen LogP) is 5.05. The average molecular weight is 266 g/mol. The van der Waals surface area contributed by atoms with Crippen LogP contribution in [0.25, 0.3) is 0 Å². The van der Waals surface area contributed by atoms with Crippen molar-refractivity contribution in [2.45, 2.75) is 39.3 Å². The van der Waals surface area contributed by atoms with E-state index in [-0.39, 0.29) is 12.0 Å². The van der Waals surface area contributed by atoms with Gasteiger partial charge in [-0.3, -0.25) is 0 Å². The third-order valence-corrected chi connectivity index (χ3v) is 2.56. The van der Waals surface area contributed by atoms with Crippen LogP contribution in [-0.2, 0) is 0 Å². The lowest BCUT2D eigenvalue weighted by Crippen LogP contribution is -2.25. The van der Waals surface area contributed by atoms with E-state index < -0.39 is 29.1 Å². The predicted molar refractivity (Wildman–Crippen MR) is 59.2 cm³/mol. The third-order valence-electron chi connectivity index (χ3n) is 2.56. The van der Waals surface area contributed by atoms with Crippen molar-refractivity contribution < 1.29 is 22.0 Å². The fraction of sp³-hybridized carbons (Fsp3) is 0.538. The Balaban J connectivity index is 3.14. The van der Waals surface area contributed by atoms with E-state index in [1.807, 2.05) is 0 Å². The minimum absolute atomic E-state index is 0.179. The highest BCUT2D eigenvalue weighted by atomic mass is 19.4. The van der Waals surface area contributed by atoms with Gasteiger partial charge in [0.25, 0.3) is 0 Å². The van der Waals surface area contributed by atoms with E-state index in [2.05, 4.69) is 0 Å². The third kappa shape index (κ3) is 3.96. The first-order chi connectivity index (χ1) is 8.00. The molecule has 0 spiro atoms. The van der Waals surface area contributed by atoms with E-state index in [1.54, 1.807) is 20.8 Å². The molecule has 0 saturated heterocycles. The van der Waals surface area contributed by atoms with Gasteiger partial charge in [-0.1, -0.05) is 26.8 Å². The maximum atomic E-state index is 13.0. The lowest BCUT2D eigenvalue weighted by molar-refractivity contribution is -0.156. The zero-order chi connectivity index (χ0) is 14.1. The summed E-state index contributed by atoms with van der Waals surface area (Å²) in [5.41, 5.74) is -0.804. The average Bonchev–Trinajstić information content (AvgIpc) is 2.16. The normalized spacial score (nSPS) is 14.7. The molecule has 18 heavy (non-hydrogen) atoms. The molecule has 0 nitrogen and oxygen atoms in total. The Labute approximate surface area is 103 Å². The van der Waals surface area contributed by atoms with Crippen LogP contribution in [0.4, 0.5) is 22.0 Å². The van der Waals surface area contributed by atoms with Gasteiger partial charge in [0.15, 0.2) is 11.6 Å². The van der Waals surface area contributed by atoms with Crippen molar-refractivity contribution in [2.24, 2.45) is 5.41 Å². The van der Waals surface area contributed by atoms with Crippen LogP contribution >= 0.6 is 0 Å². The van der Waals surface area contributed by atoms with Crippen molar-refractivity contribution in [3.63, 3.8) is 0 Å². The first-order valence-electron chi connectivity index (χ1n) is 5.52. The summed E-state index contributed by atoms with van der Waals surface area (Å²) in [6, 6.07) is 2.34. The van der Waals surface area contributed by atoms with Crippen molar-refractivity contribution in [2.75, 3.05) is 0 Å². The van der Waals surface area contributed by atoms with E-state index in [1.165, 1.54) is 0 Å². The zero-order valence-corrected chi connectivity index (χ0v) is 10.4. The Morgan fingerprint density at radius 3 is 1.94 bits per heavy atom. The molecular formula is C13H15F5. The van der Waals surface area contributed by atoms with Crippen LogP contribution < -0.4 is 0 Å². The fourth-order valence-electron chi connectivity index (χ4n) is 1.76. The van der Waals surface area contributed by atoms with E-state index in [0.29, 0.717) is 6.07 Å². The van der Waals surface area contributed by atoms with Crippen molar-refractivity contribution in [1.29, 1.82) is 0 Å². The Morgan fingerprint density at radius 2 is 1.56 bits per heavy atom. The van der Waals surface area contributed by atoms with Crippen LogP contribution in [0.2, 0.25) is 0 Å². The monoisotopic (exact) mass is 266 g/mol. The molecule has 5 heteroatoms. The Bertz CT molecular complexity index is 414. The smallest absolute Gasteiger partial charge is 0.204 e. The Kier molecular flexibility index (Phi) is 4.03. The second-order valence-electron chi connectivity index (χ2n) is 5.53. The van der Waals surface area contributed by atoms with Gasteiger partial charge in [-0.05, 0) is 29.5 Å². The molecular weight excluding hydrogens is 251 g/mol. The zero-order valence-electron chi connectivity index (χ0n) is 10.4. The van der Waals surface area contributed by atoms with Crippen molar-refractivity contribution in [3.8, 4) is 0 Å². The molecule has 0 bridgehead atoms. The minimum atomic E-state index is -4.47. The van der Waals surface area contributed by atoms with Gasteiger partial charge < -0.3 is 0 Å². The summed E-state index contributed by atoms with van der Waals surface area (Å²) in [7, 11) is 0. The largest absolute Gasteiger partial charge is 0.395 e. The molecule has 0 fully saturated rings. The molecule has 0 heterocycles. The van der Waals surface area contributed by atoms with Gasteiger partial charge in [0.2, 0.25) is 0 Å². The molecule has 1 atom stereocenters. The standard InChI is InChI=1S/C13H15F5/c1-12(2,3)7-9(13(16,17)18)8-4-5-10(14)11(15)6-8/h4-6,9H,7H2,1-3H3. The van der Waals surface area contributed by atoms with Gasteiger partial charge in [-0.15, -0.1) is 0 Å². The fourth-order valence-corrected chi connectivity index (χ4v) is 1.76. The lowest BCUT2D eigenvalue weighted by atomic mass is 9.81. The van der Waals surface area contributed by atoms with Gasteiger partial charge in [-0.2, -0.15) is 13.2 Å². The maximum absolute atomic E-state index is 13.0. The van der Waals surface area contributed by atoms with Gasteiger partial charge in [0.1, 0.15) is 0 Å². The Morgan fingerprint density at radius 1 is 1.00 bits per heavy atom. The molecule has 0 aliphatic heterocycles. The molecule has 0 N–H and O–H groups in total. The number of rotatable bonds is 2. The summed E-state index contributed by atoms with van der Waals surface area (Å²) < 4.78 is 64.6. The second kappa shape index (κ2) is 4.86. The van der Waals surface area contributed by atoms with E-state index in [9.17, 15) is 22.0 Å². The molecule has 0 saturated carbocycles. The van der Waals surface area contributed by atoms with Crippen molar-refractivity contribution >= 4 is 0 Å². The number of hydrogen-bond donors (Lipinski definition) is 0. The van der Waals surface area contributed by atoms with Gasteiger partial charge in [-0.25, -0.2) is 8.78 Å². The van der Waals surface area contributed by atoms with E-state index >= 15 is 0 Å². The molecule has 0 amide bonds. The van der Waals surface area contributed by atoms with Crippen LogP contribution in [0.5, 0.6) is 0 Å². The van der Waals surface area contributed by atoms with Crippen LogP contribution in [-0.4, -0.2) is 6.18 Å². The molecule has 102 valence electrons. The lowest BCUT2D eigenvalue weighted by Gasteiger charge is -2.28. The van der Waals surface area contributed by atoms with Crippen molar-refractivity contribution in [3.05, 3.63) is 35.4 Å². The summed E-state index contributed by atoms with van der Waals surface area (Å²) >= 11 is 0. The summed E-state index contributed by atoms with van der Waals surface area (Å²) in [6.45, 7) is 5.02.